The summed E-state index contributed by atoms with van der Waals surface area (Å²) in [7, 11) is -2.44. The Kier molecular flexibility index (Phi) is 6.07. The van der Waals surface area contributed by atoms with Gasteiger partial charge in [0, 0.05) is 9.97 Å². The zero-order valence-electron chi connectivity index (χ0n) is 13.5. The standard InChI is InChI=1S/C16H22INO4S/c1-4-5-14-13(17)10-15(16(19)22-3)18(14)23(20,21)12-8-6-11(2)7-9-12/h6-9,13-15H,4-5,10H2,1-3H3/t13-,14+,15-/m1/s1. The van der Waals surface area contributed by atoms with Crippen LogP contribution in [0.5, 0.6) is 0 Å². The molecule has 0 spiro atoms. The number of alkyl halides is 1. The van der Waals surface area contributed by atoms with E-state index in [-0.39, 0.29) is 14.9 Å². The van der Waals surface area contributed by atoms with Gasteiger partial charge in [0.05, 0.1) is 12.0 Å². The second-order valence-corrected chi connectivity index (χ2v) is 9.24. The van der Waals surface area contributed by atoms with Crippen molar-refractivity contribution in [3.63, 3.8) is 0 Å². The zero-order valence-corrected chi connectivity index (χ0v) is 16.5. The smallest absolute Gasteiger partial charge is 0.324 e. The van der Waals surface area contributed by atoms with Gasteiger partial charge in [-0.15, -0.1) is 0 Å². The molecule has 0 unspecified atom stereocenters. The van der Waals surface area contributed by atoms with Crippen molar-refractivity contribution < 1.29 is 17.9 Å². The van der Waals surface area contributed by atoms with E-state index in [0.717, 1.165) is 18.4 Å². The number of ether oxygens (including phenoxy) is 1. The van der Waals surface area contributed by atoms with Gasteiger partial charge < -0.3 is 4.74 Å². The Hall–Kier alpha value is -0.670. The molecule has 0 radical (unpaired) electrons. The molecule has 0 amide bonds. The molecule has 23 heavy (non-hydrogen) atoms. The van der Waals surface area contributed by atoms with Gasteiger partial charge in [-0.05, 0) is 31.9 Å². The molecule has 0 aliphatic carbocycles. The number of nitrogens with zero attached hydrogens (tertiary/aromatic N) is 1. The van der Waals surface area contributed by atoms with Crippen LogP contribution in [0.4, 0.5) is 0 Å². The average Bonchev–Trinajstić information content (AvgIpc) is 2.85. The van der Waals surface area contributed by atoms with E-state index in [4.69, 9.17) is 4.74 Å². The van der Waals surface area contributed by atoms with E-state index in [9.17, 15) is 13.2 Å². The number of benzene rings is 1. The Morgan fingerprint density at radius 1 is 1.35 bits per heavy atom. The number of sulfonamides is 1. The Balaban J connectivity index is 2.47. The molecule has 0 N–H and O–H groups in total. The van der Waals surface area contributed by atoms with E-state index in [1.54, 1.807) is 24.3 Å². The van der Waals surface area contributed by atoms with Crippen molar-refractivity contribution in [1.29, 1.82) is 0 Å². The maximum atomic E-state index is 13.1. The van der Waals surface area contributed by atoms with Crippen molar-refractivity contribution in [3.8, 4) is 0 Å². The van der Waals surface area contributed by atoms with Crippen molar-refractivity contribution >= 4 is 38.6 Å². The highest BCUT2D eigenvalue weighted by Gasteiger charge is 2.49. The van der Waals surface area contributed by atoms with Crippen LogP contribution in [0.3, 0.4) is 0 Å². The summed E-state index contributed by atoms with van der Waals surface area (Å²) in [6.45, 7) is 3.93. The minimum absolute atomic E-state index is 0.0943. The third kappa shape index (κ3) is 3.71. The highest BCUT2D eigenvalue weighted by molar-refractivity contribution is 14.1. The number of rotatable bonds is 5. The third-order valence-electron chi connectivity index (χ3n) is 4.15. The molecule has 0 aromatic heterocycles. The Labute approximate surface area is 151 Å². The molecule has 128 valence electrons. The Morgan fingerprint density at radius 3 is 2.48 bits per heavy atom. The second-order valence-electron chi connectivity index (χ2n) is 5.79. The fourth-order valence-corrected chi connectivity index (χ4v) is 6.23. The van der Waals surface area contributed by atoms with Crippen LogP contribution in [0.1, 0.15) is 31.7 Å². The van der Waals surface area contributed by atoms with E-state index < -0.39 is 22.0 Å². The van der Waals surface area contributed by atoms with E-state index in [1.165, 1.54) is 11.4 Å². The van der Waals surface area contributed by atoms with Crippen molar-refractivity contribution in [2.45, 2.75) is 54.0 Å². The lowest BCUT2D eigenvalue weighted by molar-refractivity contribution is -0.144. The number of esters is 1. The lowest BCUT2D eigenvalue weighted by atomic mass is 10.1. The SMILES string of the molecule is CCC[C@H]1[C@H](I)C[C@H](C(=O)OC)N1S(=O)(=O)c1ccc(C)cc1. The van der Waals surface area contributed by atoms with Crippen molar-refractivity contribution in [2.75, 3.05) is 7.11 Å². The molecule has 1 aliphatic heterocycles. The summed E-state index contributed by atoms with van der Waals surface area (Å²) >= 11 is 2.25. The molecular weight excluding hydrogens is 429 g/mol. The van der Waals surface area contributed by atoms with Crippen molar-refractivity contribution in [2.24, 2.45) is 0 Å². The monoisotopic (exact) mass is 451 g/mol. The van der Waals surface area contributed by atoms with Gasteiger partial charge >= 0.3 is 5.97 Å². The van der Waals surface area contributed by atoms with Crippen LogP contribution in [0.2, 0.25) is 0 Å². The topological polar surface area (TPSA) is 63.7 Å². The predicted molar refractivity (Wildman–Crippen MR) is 97.1 cm³/mol. The van der Waals surface area contributed by atoms with E-state index in [0.29, 0.717) is 6.42 Å². The fourth-order valence-electron chi connectivity index (χ4n) is 2.98. The molecule has 1 aromatic rings. The van der Waals surface area contributed by atoms with Gasteiger partial charge in [-0.1, -0.05) is 53.6 Å². The van der Waals surface area contributed by atoms with E-state index in [2.05, 4.69) is 22.6 Å². The van der Waals surface area contributed by atoms with Gasteiger partial charge in [0.1, 0.15) is 6.04 Å². The first-order valence-electron chi connectivity index (χ1n) is 7.65. The summed E-state index contributed by atoms with van der Waals surface area (Å²) in [4.78, 5) is 12.3. The molecule has 0 bridgehead atoms. The Morgan fingerprint density at radius 2 is 1.96 bits per heavy atom. The third-order valence-corrected chi connectivity index (χ3v) is 7.44. The summed E-state index contributed by atoms with van der Waals surface area (Å²) in [5.41, 5.74) is 0.992. The average molecular weight is 451 g/mol. The molecule has 2 rings (SSSR count). The number of hydrogen-bond donors (Lipinski definition) is 0. The number of halogens is 1. The first-order chi connectivity index (χ1) is 10.8. The minimum atomic E-state index is -3.74. The van der Waals surface area contributed by atoms with Gasteiger partial charge in [0.2, 0.25) is 10.0 Å². The van der Waals surface area contributed by atoms with E-state index >= 15 is 0 Å². The number of hydrogen-bond acceptors (Lipinski definition) is 4. The quantitative estimate of drug-likeness (QED) is 0.393. The van der Waals surface area contributed by atoms with Crippen LogP contribution < -0.4 is 0 Å². The molecule has 1 fully saturated rings. The lowest BCUT2D eigenvalue weighted by Gasteiger charge is -2.28. The van der Waals surface area contributed by atoms with Crippen LogP contribution in [0, 0.1) is 6.92 Å². The molecule has 3 atom stereocenters. The first kappa shape index (κ1) is 18.7. The lowest BCUT2D eigenvalue weighted by Crippen LogP contribution is -2.46. The van der Waals surface area contributed by atoms with E-state index in [1.807, 2.05) is 13.8 Å². The van der Waals surface area contributed by atoms with Gasteiger partial charge in [-0.2, -0.15) is 4.31 Å². The van der Waals surface area contributed by atoms with Gasteiger partial charge in [-0.3, -0.25) is 4.79 Å². The summed E-state index contributed by atoms with van der Waals surface area (Å²) in [5, 5.41) is 0. The van der Waals surface area contributed by atoms with Gasteiger partial charge in [0.25, 0.3) is 0 Å². The van der Waals surface area contributed by atoms with Crippen molar-refractivity contribution in [3.05, 3.63) is 29.8 Å². The highest BCUT2D eigenvalue weighted by atomic mass is 127. The van der Waals surface area contributed by atoms with Gasteiger partial charge in [0.15, 0.2) is 0 Å². The maximum absolute atomic E-state index is 13.1. The molecule has 1 heterocycles. The normalized spacial score (nSPS) is 25.5. The highest BCUT2D eigenvalue weighted by Crippen LogP contribution is 2.38. The van der Waals surface area contributed by atoms with Gasteiger partial charge in [-0.25, -0.2) is 8.42 Å². The van der Waals surface area contributed by atoms with Crippen LogP contribution in [-0.2, 0) is 19.6 Å². The minimum Gasteiger partial charge on any atom is -0.468 e. The van der Waals surface area contributed by atoms with Crippen LogP contribution >= 0.6 is 22.6 Å². The molecule has 5 nitrogen and oxygen atoms in total. The van der Waals surface area contributed by atoms with Crippen LogP contribution in [0.15, 0.2) is 29.2 Å². The maximum Gasteiger partial charge on any atom is 0.324 e. The number of aryl methyl sites for hydroxylation is 1. The molecule has 1 saturated heterocycles. The molecule has 7 heteroatoms. The van der Waals surface area contributed by atoms with Crippen LogP contribution in [-0.4, -0.2) is 41.8 Å². The molecule has 1 aromatic carbocycles. The fraction of sp³-hybridized carbons (Fsp3) is 0.562. The number of carbonyl (C=O) groups is 1. The van der Waals surface area contributed by atoms with Crippen LogP contribution in [0.25, 0.3) is 0 Å². The molecule has 0 saturated carbocycles. The predicted octanol–water partition coefficient (Wildman–Crippen LogP) is 2.90. The first-order valence-corrected chi connectivity index (χ1v) is 10.3. The summed E-state index contributed by atoms with van der Waals surface area (Å²) < 4.78 is 32.6. The summed E-state index contributed by atoms with van der Waals surface area (Å²) in [6.07, 6.45) is 2.08. The van der Waals surface area contributed by atoms with Crippen molar-refractivity contribution in [1.82, 2.24) is 4.31 Å². The second kappa shape index (κ2) is 7.48. The molecular formula is C16H22INO4S. The number of carbonyl (C=O) groups excluding carboxylic acids is 1. The molecule has 1 aliphatic rings. The number of methoxy groups -OCH3 is 1. The zero-order chi connectivity index (χ0) is 17.2. The Bertz CT molecular complexity index is 659. The summed E-state index contributed by atoms with van der Waals surface area (Å²) in [5.74, 6) is -0.485. The summed E-state index contributed by atoms with van der Waals surface area (Å²) in [6, 6.07) is 5.81. The largest absolute Gasteiger partial charge is 0.468 e.